The van der Waals surface area contributed by atoms with Gasteiger partial charge in [-0.15, -0.1) is 11.3 Å². The van der Waals surface area contributed by atoms with Gasteiger partial charge in [-0.05, 0) is 38.0 Å². The standard InChI is InChI=1S/C15H14N2O2S/c1-8-4-9(2)13-12(5-8)14(18)15(19)17(13)6-11-7-20-10(3)16-11/h4-5,7H,6H2,1-3H3. The average Bonchev–Trinajstić information content (AvgIpc) is 2.88. The van der Waals surface area contributed by atoms with Crippen molar-refractivity contribution in [3.63, 3.8) is 0 Å². The second-order valence-electron chi connectivity index (χ2n) is 5.06. The molecule has 2 aromatic rings. The van der Waals surface area contributed by atoms with Gasteiger partial charge in [0.15, 0.2) is 0 Å². The van der Waals surface area contributed by atoms with Crippen LogP contribution in [0.5, 0.6) is 0 Å². The molecule has 1 aliphatic rings. The number of ketones is 1. The first-order valence-corrected chi connectivity index (χ1v) is 7.24. The highest BCUT2D eigenvalue weighted by molar-refractivity contribution is 7.09. The number of carbonyl (C=O) groups excluding carboxylic acids is 2. The van der Waals surface area contributed by atoms with Gasteiger partial charge in [0.25, 0.3) is 11.7 Å². The molecule has 0 N–H and O–H groups in total. The normalized spacial score (nSPS) is 14.1. The molecule has 5 heteroatoms. The van der Waals surface area contributed by atoms with Gasteiger partial charge in [-0.2, -0.15) is 0 Å². The van der Waals surface area contributed by atoms with Crippen molar-refractivity contribution in [2.45, 2.75) is 27.3 Å². The lowest BCUT2D eigenvalue weighted by molar-refractivity contribution is -0.114. The Morgan fingerprint density at radius 3 is 2.60 bits per heavy atom. The Balaban J connectivity index is 2.06. The average molecular weight is 286 g/mol. The van der Waals surface area contributed by atoms with Crippen LogP contribution in [0.1, 0.15) is 32.2 Å². The Kier molecular flexibility index (Phi) is 2.94. The number of anilines is 1. The predicted molar refractivity (Wildman–Crippen MR) is 78.3 cm³/mol. The summed E-state index contributed by atoms with van der Waals surface area (Å²) >= 11 is 1.54. The maximum atomic E-state index is 12.2. The lowest BCUT2D eigenvalue weighted by Gasteiger charge is -2.17. The van der Waals surface area contributed by atoms with Crippen LogP contribution >= 0.6 is 11.3 Å². The van der Waals surface area contributed by atoms with Crippen LogP contribution in [-0.4, -0.2) is 16.7 Å². The number of hydrogen-bond acceptors (Lipinski definition) is 4. The Labute approximate surface area is 121 Å². The molecule has 0 bridgehead atoms. The lowest BCUT2D eigenvalue weighted by atomic mass is 10.0. The minimum Gasteiger partial charge on any atom is -0.298 e. The first-order chi connectivity index (χ1) is 9.47. The number of carbonyl (C=O) groups is 2. The summed E-state index contributed by atoms with van der Waals surface area (Å²) in [5, 5.41) is 2.88. The molecule has 0 atom stereocenters. The van der Waals surface area contributed by atoms with Gasteiger partial charge in [-0.1, -0.05) is 6.07 Å². The molecule has 1 aromatic heterocycles. The van der Waals surface area contributed by atoms with Gasteiger partial charge in [0.2, 0.25) is 0 Å². The number of Topliss-reactive ketones (excluding diaryl/α,β-unsaturated/α-hetero) is 1. The SMILES string of the molecule is Cc1cc(C)c2c(c1)C(=O)C(=O)N2Cc1csc(C)n1. The second kappa shape index (κ2) is 4.52. The number of rotatable bonds is 2. The molecule has 0 fully saturated rings. The number of aryl methyl sites for hydroxylation is 3. The van der Waals surface area contributed by atoms with E-state index in [0.717, 1.165) is 27.5 Å². The number of nitrogens with zero attached hydrogens (tertiary/aromatic N) is 2. The van der Waals surface area contributed by atoms with Gasteiger partial charge in [-0.3, -0.25) is 14.5 Å². The summed E-state index contributed by atoms with van der Waals surface area (Å²) < 4.78 is 0. The zero-order chi connectivity index (χ0) is 14.4. The molecular weight excluding hydrogens is 272 g/mol. The van der Waals surface area contributed by atoms with Crippen molar-refractivity contribution >= 4 is 28.7 Å². The molecule has 0 saturated heterocycles. The number of thiazole rings is 1. The minimum atomic E-state index is -0.459. The Morgan fingerprint density at radius 1 is 1.20 bits per heavy atom. The van der Waals surface area contributed by atoms with Crippen molar-refractivity contribution in [2.75, 3.05) is 4.90 Å². The Morgan fingerprint density at radius 2 is 1.95 bits per heavy atom. The third-order valence-corrected chi connectivity index (χ3v) is 4.21. The van der Waals surface area contributed by atoms with E-state index < -0.39 is 11.7 Å². The zero-order valence-corrected chi connectivity index (χ0v) is 12.4. The molecule has 0 unspecified atom stereocenters. The summed E-state index contributed by atoms with van der Waals surface area (Å²) in [5.41, 5.74) is 4.01. The summed E-state index contributed by atoms with van der Waals surface area (Å²) in [6.45, 7) is 6.13. The molecular formula is C15H14N2O2S. The van der Waals surface area contributed by atoms with Gasteiger partial charge in [0.05, 0.1) is 28.5 Å². The van der Waals surface area contributed by atoms with E-state index in [9.17, 15) is 9.59 Å². The Bertz CT molecular complexity index is 733. The quantitative estimate of drug-likeness (QED) is 0.798. The first-order valence-electron chi connectivity index (χ1n) is 6.36. The van der Waals surface area contributed by atoms with Crippen LogP contribution in [0.3, 0.4) is 0 Å². The molecule has 0 saturated carbocycles. The van der Waals surface area contributed by atoms with E-state index in [4.69, 9.17) is 0 Å². The zero-order valence-electron chi connectivity index (χ0n) is 11.6. The summed E-state index contributed by atoms with van der Waals surface area (Å²) in [7, 11) is 0. The summed E-state index contributed by atoms with van der Waals surface area (Å²) in [6, 6.07) is 3.78. The third-order valence-electron chi connectivity index (χ3n) is 3.39. The smallest absolute Gasteiger partial charge is 0.298 e. The highest BCUT2D eigenvalue weighted by atomic mass is 32.1. The van der Waals surface area contributed by atoms with E-state index in [2.05, 4.69) is 4.98 Å². The molecule has 3 rings (SSSR count). The van der Waals surface area contributed by atoms with Crippen LogP contribution in [0, 0.1) is 20.8 Å². The summed E-state index contributed by atoms with van der Waals surface area (Å²) in [4.78, 5) is 30.2. The van der Waals surface area contributed by atoms with Crippen LogP contribution in [0.2, 0.25) is 0 Å². The molecule has 102 valence electrons. The summed E-state index contributed by atoms with van der Waals surface area (Å²) in [5.74, 6) is -0.877. The minimum absolute atomic E-state index is 0.353. The molecule has 2 heterocycles. The first kappa shape index (κ1) is 13.0. The van der Waals surface area contributed by atoms with Crippen molar-refractivity contribution in [3.8, 4) is 0 Å². The van der Waals surface area contributed by atoms with Crippen LogP contribution in [0.25, 0.3) is 0 Å². The lowest BCUT2D eigenvalue weighted by Crippen LogP contribution is -2.29. The molecule has 4 nitrogen and oxygen atoms in total. The highest BCUT2D eigenvalue weighted by Crippen LogP contribution is 2.34. The molecule has 20 heavy (non-hydrogen) atoms. The monoisotopic (exact) mass is 286 g/mol. The maximum Gasteiger partial charge on any atom is 0.299 e. The van der Waals surface area contributed by atoms with E-state index in [1.54, 1.807) is 22.3 Å². The van der Waals surface area contributed by atoms with Gasteiger partial charge >= 0.3 is 0 Å². The van der Waals surface area contributed by atoms with E-state index >= 15 is 0 Å². The van der Waals surface area contributed by atoms with Crippen molar-refractivity contribution in [2.24, 2.45) is 0 Å². The molecule has 1 amide bonds. The number of fused-ring (bicyclic) bond motifs is 1. The fourth-order valence-corrected chi connectivity index (χ4v) is 3.23. The van der Waals surface area contributed by atoms with Gasteiger partial charge in [0, 0.05) is 5.38 Å². The van der Waals surface area contributed by atoms with E-state index in [-0.39, 0.29) is 0 Å². The molecule has 1 aliphatic heterocycles. The van der Waals surface area contributed by atoms with Crippen molar-refractivity contribution in [3.05, 3.63) is 44.9 Å². The second-order valence-corrected chi connectivity index (χ2v) is 6.12. The van der Waals surface area contributed by atoms with Gasteiger partial charge in [-0.25, -0.2) is 4.98 Å². The Hall–Kier alpha value is -2.01. The largest absolute Gasteiger partial charge is 0.299 e. The topological polar surface area (TPSA) is 50.3 Å². The molecule has 0 spiro atoms. The van der Waals surface area contributed by atoms with Crippen molar-refractivity contribution in [1.29, 1.82) is 0 Å². The number of aromatic nitrogens is 1. The molecule has 1 aromatic carbocycles. The highest BCUT2D eigenvalue weighted by Gasteiger charge is 2.37. The predicted octanol–water partition coefficient (Wildman–Crippen LogP) is 2.80. The number of amides is 1. The van der Waals surface area contributed by atoms with E-state index in [1.165, 1.54) is 0 Å². The fraction of sp³-hybridized carbons (Fsp3) is 0.267. The fourth-order valence-electron chi connectivity index (χ4n) is 2.62. The van der Waals surface area contributed by atoms with Crippen LogP contribution in [-0.2, 0) is 11.3 Å². The number of hydrogen-bond donors (Lipinski definition) is 0. The van der Waals surface area contributed by atoms with Gasteiger partial charge < -0.3 is 0 Å². The van der Waals surface area contributed by atoms with E-state index in [1.807, 2.05) is 32.2 Å². The van der Waals surface area contributed by atoms with E-state index in [0.29, 0.717) is 12.1 Å². The van der Waals surface area contributed by atoms with Crippen LogP contribution < -0.4 is 4.90 Å². The van der Waals surface area contributed by atoms with Gasteiger partial charge in [0.1, 0.15) is 0 Å². The molecule has 0 radical (unpaired) electrons. The molecule has 0 aliphatic carbocycles. The van der Waals surface area contributed by atoms with Crippen molar-refractivity contribution < 1.29 is 9.59 Å². The third kappa shape index (κ3) is 1.94. The number of benzene rings is 1. The maximum absolute atomic E-state index is 12.2. The van der Waals surface area contributed by atoms with Crippen molar-refractivity contribution in [1.82, 2.24) is 4.98 Å². The van der Waals surface area contributed by atoms with Crippen LogP contribution in [0.15, 0.2) is 17.5 Å². The van der Waals surface area contributed by atoms with Crippen LogP contribution in [0.4, 0.5) is 5.69 Å². The summed E-state index contributed by atoms with van der Waals surface area (Å²) in [6.07, 6.45) is 0.